The summed E-state index contributed by atoms with van der Waals surface area (Å²) < 4.78 is 44.9. The van der Waals surface area contributed by atoms with Gasteiger partial charge in [0.25, 0.3) is 5.91 Å². The molecule has 1 fully saturated rings. The van der Waals surface area contributed by atoms with Crippen molar-refractivity contribution >= 4 is 29.0 Å². The Labute approximate surface area is 196 Å². The van der Waals surface area contributed by atoms with Crippen molar-refractivity contribution in [2.75, 3.05) is 48.4 Å². The number of amides is 3. The van der Waals surface area contributed by atoms with E-state index in [0.29, 0.717) is 37.4 Å². The molecule has 3 N–H and O–H groups in total. The van der Waals surface area contributed by atoms with Gasteiger partial charge in [-0.25, -0.2) is 4.79 Å². The van der Waals surface area contributed by atoms with Crippen LogP contribution in [0.3, 0.4) is 0 Å². The van der Waals surface area contributed by atoms with Gasteiger partial charge in [-0.1, -0.05) is 12.1 Å². The highest BCUT2D eigenvalue weighted by Gasteiger charge is 2.33. The van der Waals surface area contributed by atoms with E-state index in [4.69, 9.17) is 4.74 Å². The molecule has 0 bridgehead atoms. The Kier molecular flexibility index (Phi) is 8.75. The van der Waals surface area contributed by atoms with E-state index in [0.717, 1.165) is 37.7 Å². The van der Waals surface area contributed by atoms with Crippen molar-refractivity contribution in [2.45, 2.75) is 32.4 Å². The molecular formula is C24H29F3N4O3. The molecule has 0 aromatic heterocycles. The number of urea groups is 1. The van der Waals surface area contributed by atoms with E-state index in [1.807, 2.05) is 6.92 Å². The minimum atomic E-state index is -4.60. The number of halogens is 3. The lowest BCUT2D eigenvalue weighted by molar-refractivity contribution is -0.136. The maximum Gasteiger partial charge on any atom is 0.418 e. The molecule has 34 heavy (non-hydrogen) atoms. The number of carbonyl (C=O) groups is 2. The number of hydrogen-bond donors (Lipinski definition) is 3. The molecule has 0 radical (unpaired) electrons. The molecule has 0 unspecified atom stereocenters. The summed E-state index contributed by atoms with van der Waals surface area (Å²) >= 11 is 0. The number of benzene rings is 2. The lowest BCUT2D eigenvalue weighted by Gasteiger charge is -2.22. The number of nitrogens with zero attached hydrogens (tertiary/aromatic N) is 1. The number of anilines is 3. The number of rotatable bonds is 9. The van der Waals surface area contributed by atoms with Gasteiger partial charge in [0.2, 0.25) is 0 Å². The van der Waals surface area contributed by atoms with Crippen molar-refractivity contribution < 1.29 is 27.5 Å². The molecule has 2 aromatic carbocycles. The van der Waals surface area contributed by atoms with Crippen LogP contribution < -0.4 is 20.9 Å². The number of ether oxygens (including phenoxy) is 1. The van der Waals surface area contributed by atoms with Gasteiger partial charge in [-0.2, -0.15) is 13.2 Å². The first-order valence-electron chi connectivity index (χ1n) is 11.3. The van der Waals surface area contributed by atoms with Crippen molar-refractivity contribution in [3.63, 3.8) is 0 Å². The van der Waals surface area contributed by atoms with Gasteiger partial charge in [-0.05, 0) is 56.5 Å². The molecule has 7 nitrogen and oxygen atoms in total. The second-order valence-electron chi connectivity index (χ2n) is 7.85. The van der Waals surface area contributed by atoms with Crippen LogP contribution in [0.15, 0.2) is 42.5 Å². The zero-order chi connectivity index (χ0) is 24.6. The first-order chi connectivity index (χ1) is 16.3. The fraction of sp³-hybridized carbons (Fsp3) is 0.417. The number of alkyl halides is 3. The van der Waals surface area contributed by atoms with Crippen LogP contribution in [-0.2, 0) is 10.9 Å². The van der Waals surface area contributed by atoms with E-state index in [2.05, 4.69) is 20.9 Å². The van der Waals surface area contributed by atoms with E-state index in [-0.39, 0.29) is 11.6 Å². The smallest absolute Gasteiger partial charge is 0.382 e. The molecule has 0 atom stereocenters. The van der Waals surface area contributed by atoms with Crippen molar-refractivity contribution in [2.24, 2.45) is 0 Å². The molecule has 0 saturated carbocycles. The molecule has 3 amide bonds. The minimum absolute atomic E-state index is 0.287. The molecule has 2 aromatic rings. The summed E-state index contributed by atoms with van der Waals surface area (Å²) in [5.41, 5.74) is 0.152. The maximum atomic E-state index is 13.2. The second-order valence-corrected chi connectivity index (χ2v) is 7.85. The summed E-state index contributed by atoms with van der Waals surface area (Å²) in [4.78, 5) is 27.5. The zero-order valence-corrected chi connectivity index (χ0v) is 19.0. The van der Waals surface area contributed by atoms with Crippen LogP contribution in [-0.4, -0.2) is 44.8 Å². The van der Waals surface area contributed by atoms with E-state index < -0.39 is 17.8 Å². The monoisotopic (exact) mass is 478 g/mol. The maximum absolute atomic E-state index is 13.2. The largest absolute Gasteiger partial charge is 0.418 e. The molecule has 1 saturated heterocycles. The highest BCUT2D eigenvalue weighted by Crippen LogP contribution is 2.34. The quantitative estimate of drug-likeness (QED) is 0.438. The van der Waals surface area contributed by atoms with Gasteiger partial charge in [0.05, 0.1) is 16.8 Å². The summed E-state index contributed by atoms with van der Waals surface area (Å²) in [7, 11) is 0. The van der Waals surface area contributed by atoms with Gasteiger partial charge in [0, 0.05) is 44.2 Å². The molecule has 10 heteroatoms. The Hall–Kier alpha value is -3.27. The first kappa shape index (κ1) is 25.4. The molecule has 1 aliphatic rings. The van der Waals surface area contributed by atoms with Crippen LogP contribution in [0.25, 0.3) is 0 Å². The van der Waals surface area contributed by atoms with E-state index in [1.54, 1.807) is 18.2 Å². The number of carbonyl (C=O) groups excluding carboxylic acids is 2. The summed E-state index contributed by atoms with van der Waals surface area (Å²) in [6.07, 6.45) is -1.89. The van der Waals surface area contributed by atoms with Crippen molar-refractivity contribution in [1.29, 1.82) is 0 Å². The molecule has 184 valence electrons. The highest BCUT2D eigenvalue weighted by atomic mass is 19.4. The third kappa shape index (κ3) is 6.86. The van der Waals surface area contributed by atoms with Crippen LogP contribution in [0.4, 0.5) is 35.0 Å². The Morgan fingerprint density at radius 2 is 1.79 bits per heavy atom. The Morgan fingerprint density at radius 3 is 2.50 bits per heavy atom. The Balaban J connectivity index is 1.74. The van der Waals surface area contributed by atoms with Gasteiger partial charge in [0.1, 0.15) is 0 Å². The van der Waals surface area contributed by atoms with E-state index in [1.165, 1.54) is 18.2 Å². The van der Waals surface area contributed by atoms with Crippen molar-refractivity contribution in [1.82, 2.24) is 5.32 Å². The van der Waals surface area contributed by atoms with Crippen molar-refractivity contribution in [3.8, 4) is 0 Å². The normalized spacial score (nSPS) is 13.6. The van der Waals surface area contributed by atoms with Crippen LogP contribution in [0.5, 0.6) is 0 Å². The summed E-state index contributed by atoms with van der Waals surface area (Å²) in [5, 5.41) is 7.64. The molecule has 0 aliphatic carbocycles. The fourth-order valence-electron chi connectivity index (χ4n) is 3.77. The van der Waals surface area contributed by atoms with Gasteiger partial charge >= 0.3 is 12.2 Å². The molecule has 1 heterocycles. The number of nitrogens with one attached hydrogen (secondary N) is 3. The van der Waals surface area contributed by atoms with Gasteiger partial charge in [-0.3, -0.25) is 4.79 Å². The van der Waals surface area contributed by atoms with Crippen LogP contribution >= 0.6 is 0 Å². The van der Waals surface area contributed by atoms with Crippen LogP contribution in [0, 0.1) is 0 Å². The number of hydrogen-bond acceptors (Lipinski definition) is 4. The molecule has 0 spiro atoms. The number of para-hydroxylation sites is 1. The van der Waals surface area contributed by atoms with Gasteiger partial charge in [-0.15, -0.1) is 0 Å². The van der Waals surface area contributed by atoms with Crippen molar-refractivity contribution in [3.05, 3.63) is 53.6 Å². The topological polar surface area (TPSA) is 82.7 Å². The summed E-state index contributed by atoms with van der Waals surface area (Å²) in [6, 6.07) is 8.82. The highest BCUT2D eigenvalue weighted by molar-refractivity contribution is 6.04. The minimum Gasteiger partial charge on any atom is -0.382 e. The van der Waals surface area contributed by atoms with Crippen LogP contribution in [0.2, 0.25) is 0 Å². The van der Waals surface area contributed by atoms with E-state index >= 15 is 0 Å². The van der Waals surface area contributed by atoms with Crippen LogP contribution in [0.1, 0.15) is 42.1 Å². The first-order valence-corrected chi connectivity index (χ1v) is 11.3. The lowest BCUT2D eigenvalue weighted by Crippen LogP contribution is -2.29. The van der Waals surface area contributed by atoms with Gasteiger partial charge in [0.15, 0.2) is 0 Å². The Morgan fingerprint density at radius 1 is 1.06 bits per heavy atom. The molecule has 1 aliphatic heterocycles. The average Bonchev–Trinajstić information content (AvgIpc) is 3.33. The van der Waals surface area contributed by atoms with E-state index in [9.17, 15) is 22.8 Å². The predicted octanol–water partition coefficient (Wildman–Crippen LogP) is 5.11. The molecular weight excluding hydrogens is 449 g/mol. The molecule has 3 rings (SSSR count). The second kappa shape index (κ2) is 11.7. The zero-order valence-electron chi connectivity index (χ0n) is 19.0. The SMILES string of the molecule is CCOCCCNC(=O)c1cc(NC(=O)Nc2ccccc2C(F)(F)F)ccc1N1CCCC1. The lowest BCUT2D eigenvalue weighted by atomic mass is 10.1. The summed E-state index contributed by atoms with van der Waals surface area (Å²) in [6.45, 7) is 5.13. The standard InChI is InChI=1S/C24H29F3N4O3/c1-2-34-15-7-12-28-22(32)18-16-17(10-11-21(18)31-13-5-6-14-31)29-23(33)30-20-9-4-3-8-19(20)24(25,26)27/h3-4,8-11,16H,2,5-7,12-15H2,1H3,(H,28,32)(H2,29,30,33). The predicted molar refractivity (Wildman–Crippen MR) is 125 cm³/mol. The fourth-order valence-corrected chi connectivity index (χ4v) is 3.77. The third-order valence-corrected chi connectivity index (χ3v) is 5.38. The third-order valence-electron chi connectivity index (χ3n) is 5.38. The average molecular weight is 479 g/mol. The Bertz CT molecular complexity index is 992. The van der Waals surface area contributed by atoms with Gasteiger partial charge < -0.3 is 25.6 Å². The summed E-state index contributed by atoms with van der Waals surface area (Å²) in [5.74, 6) is -0.287.